The van der Waals surface area contributed by atoms with E-state index in [9.17, 15) is 14.4 Å². The molecule has 0 spiro atoms. The number of rotatable bonds is 4. The fourth-order valence-corrected chi connectivity index (χ4v) is 3.81. The number of thiazole rings is 1. The quantitative estimate of drug-likeness (QED) is 0.686. The minimum atomic E-state index is -0.449. The number of nitrogens with zero attached hydrogens (tertiary/aromatic N) is 2. The standard InChI is InChI=1S/C20H19N3O4S/c1-12-6-4-5-7-15(12)19(26)22-20-23(11-18(25)27-3)16-9-8-14(21-13(2)24)10-17(16)28-20/h4-10H,11H2,1-3H3,(H,21,24). The number of benzene rings is 2. The summed E-state index contributed by atoms with van der Waals surface area (Å²) in [6, 6.07) is 12.5. The third-order valence-corrected chi connectivity index (χ3v) is 5.13. The molecule has 0 fully saturated rings. The van der Waals surface area contributed by atoms with E-state index in [4.69, 9.17) is 4.74 Å². The highest BCUT2D eigenvalue weighted by atomic mass is 32.1. The number of carbonyl (C=O) groups is 3. The molecule has 3 rings (SSSR count). The molecule has 1 N–H and O–H groups in total. The predicted molar refractivity (Wildman–Crippen MR) is 107 cm³/mol. The maximum absolute atomic E-state index is 12.7. The first-order valence-electron chi connectivity index (χ1n) is 8.51. The molecule has 0 saturated carbocycles. The molecule has 0 radical (unpaired) electrons. The Morgan fingerprint density at radius 3 is 2.61 bits per heavy atom. The van der Waals surface area contributed by atoms with E-state index < -0.39 is 5.97 Å². The Bertz CT molecular complexity index is 1140. The maximum atomic E-state index is 12.7. The van der Waals surface area contributed by atoms with E-state index in [1.165, 1.54) is 25.4 Å². The van der Waals surface area contributed by atoms with Gasteiger partial charge in [0.05, 0.1) is 17.3 Å². The third kappa shape index (κ3) is 4.17. The predicted octanol–water partition coefficient (Wildman–Crippen LogP) is 2.88. The summed E-state index contributed by atoms with van der Waals surface area (Å²) in [7, 11) is 1.31. The number of esters is 1. The van der Waals surface area contributed by atoms with E-state index in [1.807, 2.05) is 19.1 Å². The number of anilines is 1. The molecule has 7 nitrogen and oxygen atoms in total. The molecule has 0 aliphatic heterocycles. The second-order valence-electron chi connectivity index (χ2n) is 6.14. The Morgan fingerprint density at radius 1 is 1.18 bits per heavy atom. The Kier molecular flexibility index (Phi) is 5.70. The molecular weight excluding hydrogens is 378 g/mol. The summed E-state index contributed by atoms with van der Waals surface area (Å²) in [6.07, 6.45) is 0. The van der Waals surface area contributed by atoms with Gasteiger partial charge in [-0.3, -0.25) is 14.4 Å². The molecule has 28 heavy (non-hydrogen) atoms. The number of fused-ring (bicyclic) bond motifs is 1. The SMILES string of the molecule is COC(=O)Cn1c(=NC(=O)c2ccccc2C)sc2cc(NC(C)=O)ccc21. The number of ether oxygens (including phenoxy) is 1. The van der Waals surface area contributed by atoms with Crippen LogP contribution in [-0.2, 0) is 20.9 Å². The lowest BCUT2D eigenvalue weighted by Gasteiger charge is -2.05. The van der Waals surface area contributed by atoms with E-state index in [0.29, 0.717) is 16.1 Å². The molecule has 0 bridgehead atoms. The number of methoxy groups -OCH3 is 1. The van der Waals surface area contributed by atoms with Gasteiger partial charge in [-0.2, -0.15) is 4.99 Å². The maximum Gasteiger partial charge on any atom is 0.325 e. The van der Waals surface area contributed by atoms with Gasteiger partial charge in [0.1, 0.15) is 6.54 Å². The van der Waals surface area contributed by atoms with Crippen molar-refractivity contribution in [2.45, 2.75) is 20.4 Å². The fourth-order valence-electron chi connectivity index (χ4n) is 2.75. The average Bonchev–Trinajstić information content (AvgIpc) is 2.97. The lowest BCUT2D eigenvalue weighted by molar-refractivity contribution is -0.141. The van der Waals surface area contributed by atoms with Gasteiger partial charge >= 0.3 is 5.97 Å². The number of carbonyl (C=O) groups excluding carboxylic acids is 3. The monoisotopic (exact) mass is 397 g/mol. The highest BCUT2D eigenvalue weighted by Gasteiger charge is 2.14. The zero-order chi connectivity index (χ0) is 20.3. The van der Waals surface area contributed by atoms with Crippen molar-refractivity contribution in [1.29, 1.82) is 0 Å². The van der Waals surface area contributed by atoms with Crippen LogP contribution in [0, 0.1) is 6.92 Å². The van der Waals surface area contributed by atoms with Crippen LogP contribution in [0.15, 0.2) is 47.5 Å². The molecule has 0 aliphatic rings. The smallest absolute Gasteiger partial charge is 0.325 e. The summed E-state index contributed by atoms with van der Waals surface area (Å²) in [6.45, 7) is 3.20. The first kappa shape index (κ1) is 19.5. The number of aromatic nitrogens is 1. The second-order valence-corrected chi connectivity index (χ2v) is 7.15. The molecule has 2 amide bonds. The van der Waals surface area contributed by atoms with Crippen molar-refractivity contribution < 1.29 is 19.1 Å². The largest absolute Gasteiger partial charge is 0.468 e. The summed E-state index contributed by atoms with van der Waals surface area (Å²) in [5.74, 6) is -1.02. The van der Waals surface area contributed by atoms with E-state index in [2.05, 4.69) is 10.3 Å². The zero-order valence-electron chi connectivity index (χ0n) is 15.7. The van der Waals surface area contributed by atoms with Crippen LogP contribution in [0.4, 0.5) is 5.69 Å². The molecule has 8 heteroatoms. The lowest BCUT2D eigenvalue weighted by atomic mass is 10.1. The van der Waals surface area contributed by atoms with Crippen LogP contribution in [0.5, 0.6) is 0 Å². The molecule has 1 aromatic heterocycles. The van der Waals surface area contributed by atoms with Crippen molar-refractivity contribution in [1.82, 2.24) is 4.57 Å². The van der Waals surface area contributed by atoms with Crippen LogP contribution in [0.3, 0.4) is 0 Å². The first-order chi connectivity index (χ1) is 13.4. The van der Waals surface area contributed by atoms with Gasteiger partial charge in [0, 0.05) is 18.2 Å². The van der Waals surface area contributed by atoms with Crippen LogP contribution < -0.4 is 10.1 Å². The molecular formula is C20H19N3O4S. The van der Waals surface area contributed by atoms with Crippen LogP contribution in [0.1, 0.15) is 22.8 Å². The zero-order valence-corrected chi connectivity index (χ0v) is 16.5. The molecule has 0 atom stereocenters. The Labute approximate surface area is 165 Å². The number of aryl methyl sites for hydroxylation is 1. The highest BCUT2D eigenvalue weighted by molar-refractivity contribution is 7.16. The van der Waals surface area contributed by atoms with E-state index >= 15 is 0 Å². The van der Waals surface area contributed by atoms with Gasteiger partial charge in [0.15, 0.2) is 4.80 Å². The molecule has 1 heterocycles. The van der Waals surface area contributed by atoms with E-state index in [1.54, 1.807) is 34.9 Å². The molecule has 144 valence electrons. The third-order valence-electron chi connectivity index (χ3n) is 4.09. The summed E-state index contributed by atoms with van der Waals surface area (Å²) < 4.78 is 7.20. The van der Waals surface area contributed by atoms with Gasteiger partial charge in [0.25, 0.3) is 5.91 Å². The summed E-state index contributed by atoms with van der Waals surface area (Å²) in [5.41, 5.74) is 2.68. The van der Waals surface area contributed by atoms with Crippen molar-refractivity contribution >= 4 is 45.0 Å². The van der Waals surface area contributed by atoms with Crippen molar-refractivity contribution in [2.24, 2.45) is 4.99 Å². The van der Waals surface area contributed by atoms with Gasteiger partial charge < -0.3 is 14.6 Å². The normalized spacial score (nSPS) is 11.5. The molecule has 0 saturated heterocycles. The van der Waals surface area contributed by atoms with Gasteiger partial charge in [0.2, 0.25) is 5.91 Å². The minimum absolute atomic E-state index is 0.0735. The summed E-state index contributed by atoms with van der Waals surface area (Å²) in [4.78, 5) is 40.5. The van der Waals surface area contributed by atoms with Crippen molar-refractivity contribution in [3.05, 3.63) is 58.4 Å². The van der Waals surface area contributed by atoms with Crippen LogP contribution >= 0.6 is 11.3 Å². The molecule has 0 unspecified atom stereocenters. The number of amides is 2. The first-order valence-corrected chi connectivity index (χ1v) is 9.33. The van der Waals surface area contributed by atoms with Gasteiger partial charge in [-0.25, -0.2) is 0 Å². The number of hydrogen-bond donors (Lipinski definition) is 1. The van der Waals surface area contributed by atoms with Gasteiger partial charge in [-0.15, -0.1) is 0 Å². The summed E-state index contributed by atoms with van der Waals surface area (Å²) >= 11 is 1.26. The lowest BCUT2D eigenvalue weighted by Crippen LogP contribution is -2.22. The molecule has 0 aliphatic carbocycles. The van der Waals surface area contributed by atoms with Crippen molar-refractivity contribution in [2.75, 3.05) is 12.4 Å². The number of nitrogens with one attached hydrogen (secondary N) is 1. The van der Waals surface area contributed by atoms with Crippen molar-refractivity contribution in [3.8, 4) is 0 Å². The average molecular weight is 397 g/mol. The van der Waals surface area contributed by atoms with Crippen LogP contribution in [0.2, 0.25) is 0 Å². The van der Waals surface area contributed by atoms with Crippen molar-refractivity contribution in [3.63, 3.8) is 0 Å². The molecule has 2 aromatic carbocycles. The summed E-state index contributed by atoms with van der Waals surface area (Å²) in [5, 5.41) is 2.72. The Balaban J connectivity index is 2.14. The van der Waals surface area contributed by atoms with Crippen LogP contribution in [-0.4, -0.2) is 29.5 Å². The number of hydrogen-bond acceptors (Lipinski definition) is 5. The fraction of sp³-hybridized carbons (Fsp3) is 0.200. The topological polar surface area (TPSA) is 89.8 Å². The Morgan fingerprint density at radius 2 is 1.93 bits per heavy atom. The minimum Gasteiger partial charge on any atom is -0.468 e. The van der Waals surface area contributed by atoms with E-state index in [0.717, 1.165) is 15.8 Å². The van der Waals surface area contributed by atoms with E-state index in [-0.39, 0.29) is 18.4 Å². The van der Waals surface area contributed by atoms with Gasteiger partial charge in [-0.05, 0) is 36.8 Å². The highest BCUT2D eigenvalue weighted by Crippen LogP contribution is 2.22. The Hall–Kier alpha value is -3.26. The molecule has 3 aromatic rings. The second kappa shape index (κ2) is 8.18. The van der Waals surface area contributed by atoms with Gasteiger partial charge in [-0.1, -0.05) is 29.5 Å². The van der Waals surface area contributed by atoms with Crippen LogP contribution in [0.25, 0.3) is 10.2 Å².